The Morgan fingerprint density at radius 3 is 2.28 bits per heavy atom. The van der Waals surface area contributed by atoms with E-state index in [2.05, 4.69) is 52.3 Å². The van der Waals surface area contributed by atoms with Gasteiger partial charge in [0.2, 0.25) is 0 Å². The van der Waals surface area contributed by atoms with Crippen molar-refractivity contribution in [2.45, 2.75) is 12.3 Å². The van der Waals surface area contributed by atoms with E-state index < -0.39 is 0 Å². The molecule has 0 aliphatic carbocycles. The van der Waals surface area contributed by atoms with Gasteiger partial charge in [-0.25, -0.2) is 0 Å². The molecular formula is C22H21N5S2. The van der Waals surface area contributed by atoms with Gasteiger partial charge in [-0.15, -0.1) is 0 Å². The highest BCUT2D eigenvalue weighted by molar-refractivity contribution is 8.12. The molecule has 7 heteroatoms. The molecule has 0 radical (unpaired) electrons. The Morgan fingerprint density at radius 2 is 1.55 bits per heavy atom. The summed E-state index contributed by atoms with van der Waals surface area (Å²) in [6.07, 6.45) is 0. The van der Waals surface area contributed by atoms with E-state index in [0.717, 1.165) is 22.6 Å². The van der Waals surface area contributed by atoms with Gasteiger partial charge in [0.1, 0.15) is 5.37 Å². The molecule has 0 spiro atoms. The van der Waals surface area contributed by atoms with Gasteiger partial charge < -0.3 is 10.6 Å². The van der Waals surface area contributed by atoms with Crippen LogP contribution in [0.4, 0.5) is 17.1 Å². The normalized spacial score (nSPS) is 15.2. The van der Waals surface area contributed by atoms with Crippen LogP contribution in [0.3, 0.4) is 0 Å². The first-order chi connectivity index (χ1) is 14.2. The molecule has 3 aromatic rings. The van der Waals surface area contributed by atoms with E-state index in [1.165, 1.54) is 5.56 Å². The molecular weight excluding hydrogens is 398 g/mol. The van der Waals surface area contributed by atoms with Crippen LogP contribution in [0.5, 0.6) is 0 Å². The van der Waals surface area contributed by atoms with E-state index >= 15 is 0 Å². The molecule has 1 aliphatic rings. The van der Waals surface area contributed by atoms with Crippen molar-refractivity contribution < 1.29 is 0 Å². The molecule has 146 valence electrons. The third-order valence-electron chi connectivity index (χ3n) is 4.45. The lowest BCUT2D eigenvalue weighted by atomic mass is 10.2. The van der Waals surface area contributed by atoms with E-state index in [4.69, 9.17) is 12.2 Å². The summed E-state index contributed by atoms with van der Waals surface area (Å²) in [5.74, 6) is 0. The summed E-state index contributed by atoms with van der Waals surface area (Å²) in [6.45, 7) is 2.08. The van der Waals surface area contributed by atoms with Gasteiger partial charge in [0, 0.05) is 11.4 Å². The van der Waals surface area contributed by atoms with E-state index in [9.17, 15) is 0 Å². The molecule has 1 heterocycles. The zero-order chi connectivity index (χ0) is 20.1. The number of thiocarbonyl (C=S) groups is 1. The maximum absolute atomic E-state index is 5.40. The molecule has 1 atom stereocenters. The summed E-state index contributed by atoms with van der Waals surface area (Å²) < 4.78 is 0. The number of rotatable bonds is 5. The van der Waals surface area contributed by atoms with Crippen LogP contribution in [-0.2, 0) is 0 Å². The molecule has 3 aromatic carbocycles. The van der Waals surface area contributed by atoms with Gasteiger partial charge in [0.25, 0.3) is 0 Å². The first-order valence-electron chi connectivity index (χ1n) is 9.21. The van der Waals surface area contributed by atoms with Crippen molar-refractivity contribution in [1.82, 2.24) is 5.12 Å². The van der Waals surface area contributed by atoms with Crippen LogP contribution in [0.25, 0.3) is 0 Å². The highest BCUT2D eigenvalue weighted by Gasteiger charge is 2.24. The van der Waals surface area contributed by atoms with Gasteiger partial charge >= 0.3 is 0 Å². The van der Waals surface area contributed by atoms with Crippen molar-refractivity contribution in [3.8, 4) is 0 Å². The molecule has 0 saturated heterocycles. The Kier molecular flexibility index (Phi) is 5.97. The lowest BCUT2D eigenvalue weighted by Crippen LogP contribution is -2.25. The lowest BCUT2D eigenvalue weighted by Gasteiger charge is -2.25. The molecule has 29 heavy (non-hydrogen) atoms. The van der Waals surface area contributed by atoms with Crippen LogP contribution >= 0.6 is 24.0 Å². The van der Waals surface area contributed by atoms with Gasteiger partial charge in [0.15, 0.2) is 5.11 Å². The van der Waals surface area contributed by atoms with E-state index in [-0.39, 0.29) is 5.37 Å². The largest absolute Gasteiger partial charge is 0.332 e. The summed E-state index contributed by atoms with van der Waals surface area (Å²) in [5, 5.41) is 13.4. The standard InChI is InChI=1S/C22H21N5S2/c1-16-7-5-6-10-20(16)26-27-21(29-15-23-27)17-11-13-19(14-12-17)25-22(28)24-18-8-3-2-4-9-18/h2-15,21,26H,1H3,(H2,24,25,28). The third-order valence-corrected chi connectivity index (χ3v) is 5.60. The fraction of sp³-hybridized carbons (Fsp3) is 0.0909. The quantitative estimate of drug-likeness (QED) is 0.453. The minimum absolute atomic E-state index is 0.0676. The second kappa shape index (κ2) is 8.98. The number of nitrogens with zero attached hydrogens (tertiary/aromatic N) is 2. The van der Waals surface area contributed by atoms with E-state index in [1.807, 2.05) is 65.3 Å². The van der Waals surface area contributed by atoms with Crippen LogP contribution in [0.1, 0.15) is 16.5 Å². The maximum Gasteiger partial charge on any atom is 0.175 e. The van der Waals surface area contributed by atoms with Gasteiger partial charge in [-0.1, -0.05) is 60.3 Å². The van der Waals surface area contributed by atoms with Gasteiger partial charge in [-0.2, -0.15) is 10.2 Å². The lowest BCUT2D eigenvalue weighted by molar-refractivity contribution is 0.342. The Labute approximate surface area is 180 Å². The first kappa shape index (κ1) is 19.3. The fourth-order valence-corrected chi connectivity index (χ4v) is 3.97. The summed E-state index contributed by atoms with van der Waals surface area (Å²) in [4.78, 5) is 0. The van der Waals surface area contributed by atoms with E-state index in [1.54, 1.807) is 11.8 Å². The number of hydrazine groups is 1. The molecule has 0 saturated carbocycles. The van der Waals surface area contributed by atoms with Crippen LogP contribution < -0.4 is 16.1 Å². The number of anilines is 3. The zero-order valence-electron chi connectivity index (χ0n) is 15.9. The zero-order valence-corrected chi connectivity index (χ0v) is 17.5. The summed E-state index contributed by atoms with van der Waals surface area (Å²) in [5.41, 5.74) is 10.5. The molecule has 0 fully saturated rings. The van der Waals surface area contributed by atoms with E-state index in [0.29, 0.717) is 5.11 Å². The first-order valence-corrected chi connectivity index (χ1v) is 10.6. The van der Waals surface area contributed by atoms with Crippen LogP contribution in [0.15, 0.2) is 84.0 Å². The number of aryl methyl sites for hydroxylation is 1. The monoisotopic (exact) mass is 419 g/mol. The minimum Gasteiger partial charge on any atom is -0.332 e. The maximum atomic E-state index is 5.40. The predicted molar refractivity (Wildman–Crippen MR) is 128 cm³/mol. The molecule has 4 rings (SSSR count). The van der Waals surface area contributed by atoms with Crippen LogP contribution in [-0.4, -0.2) is 15.8 Å². The van der Waals surface area contributed by atoms with Crippen molar-refractivity contribution >= 4 is 51.7 Å². The number of benzene rings is 3. The molecule has 3 N–H and O–H groups in total. The summed E-state index contributed by atoms with van der Waals surface area (Å²) >= 11 is 7.06. The van der Waals surface area contributed by atoms with Gasteiger partial charge in [0.05, 0.1) is 11.2 Å². The number of hydrogen-bond acceptors (Lipinski definition) is 5. The van der Waals surface area contributed by atoms with Gasteiger partial charge in [-0.05, 0) is 60.6 Å². The average Bonchev–Trinajstić information content (AvgIpc) is 3.19. The molecule has 1 unspecified atom stereocenters. The number of hydrogen-bond donors (Lipinski definition) is 3. The Hall–Kier alpha value is -3.03. The second-order valence-electron chi connectivity index (χ2n) is 6.55. The number of thioether (sulfide) groups is 1. The highest BCUT2D eigenvalue weighted by Crippen LogP contribution is 2.36. The number of hydrazone groups is 1. The molecule has 5 nitrogen and oxygen atoms in total. The van der Waals surface area contributed by atoms with Crippen LogP contribution in [0, 0.1) is 6.92 Å². The van der Waals surface area contributed by atoms with Crippen molar-refractivity contribution in [2.75, 3.05) is 16.1 Å². The van der Waals surface area contributed by atoms with Crippen molar-refractivity contribution in [1.29, 1.82) is 0 Å². The number of nitrogens with one attached hydrogen (secondary N) is 3. The van der Waals surface area contributed by atoms with Crippen molar-refractivity contribution in [3.05, 3.63) is 90.0 Å². The molecule has 0 aromatic heterocycles. The third kappa shape index (κ3) is 4.88. The minimum atomic E-state index is 0.0676. The summed E-state index contributed by atoms with van der Waals surface area (Å²) in [6, 6.07) is 26.3. The average molecular weight is 420 g/mol. The van der Waals surface area contributed by atoms with Crippen molar-refractivity contribution in [2.24, 2.45) is 5.10 Å². The topological polar surface area (TPSA) is 51.7 Å². The summed E-state index contributed by atoms with van der Waals surface area (Å²) in [7, 11) is 0. The predicted octanol–water partition coefficient (Wildman–Crippen LogP) is 5.82. The molecule has 0 bridgehead atoms. The van der Waals surface area contributed by atoms with Crippen LogP contribution in [0.2, 0.25) is 0 Å². The smallest absolute Gasteiger partial charge is 0.175 e. The molecule has 1 aliphatic heterocycles. The second-order valence-corrected chi connectivity index (χ2v) is 7.89. The van der Waals surface area contributed by atoms with Crippen molar-refractivity contribution in [3.63, 3.8) is 0 Å². The highest BCUT2D eigenvalue weighted by atomic mass is 32.2. The molecule has 0 amide bonds. The SMILES string of the molecule is Cc1ccccc1NN1N=CSC1c1ccc(NC(=S)Nc2ccccc2)cc1. The Morgan fingerprint density at radius 1 is 0.897 bits per heavy atom. The fourth-order valence-electron chi connectivity index (χ4n) is 2.93. The van der Waals surface area contributed by atoms with Gasteiger partial charge in [-0.3, -0.25) is 5.43 Å². The number of para-hydroxylation sites is 2. The Bertz CT molecular complexity index is 1010. The Balaban J connectivity index is 1.39.